The highest BCUT2D eigenvalue weighted by molar-refractivity contribution is 7.73. The minimum absolute atomic E-state index is 1.35. The Morgan fingerprint density at radius 2 is 1.78 bits per heavy atom. The van der Waals surface area contributed by atoms with E-state index < -0.39 is 10.9 Å². The molecule has 4 nitrogen and oxygen atoms in total. The molecule has 0 radical (unpaired) electrons. The molecule has 1 rings (SSSR count). The zero-order valence-electron chi connectivity index (χ0n) is 4.52. The number of hydrogen-bond acceptors (Lipinski definition) is 2. The molecule has 0 aliphatic rings. The van der Waals surface area contributed by atoms with Crippen LogP contribution in [0.4, 0.5) is 0 Å². The van der Waals surface area contributed by atoms with E-state index in [-0.39, 0.29) is 0 Å². The second kappa shape index (κ2) is 2.54. The highest BCUT2D eigenvalue weighted by Gasteiger charge is 1.82. The van der Waals surface area contributed by atoms with Gasteiger partial charge in [0.1, 0.15) is 0 Å². The number of rotatable bonds is 2. The van der Waals surface area contributed by atoms with Crippen molar-refractivity contribution in [2.24, 2.45) is 0 Å². The largest absolute Gasteiger partial charge is 0.262 e. The highest BCUT2D eigenvalue weighted by Crippen LogP contribution is 1.83. The Labute approximate surface area is 54.2 Å². The normalized spacial score (nSPS) is 9.89. The first-order chi connectivity index (χ1) is 4.29. The maximum absolute atomic E-state index is 9.97. The summed E-state index contributed by atoms with van der Waals surface area (Å²) in [4.78, 5) is 2.16. The zero-order valence-corrected chi connectivity index (χ0v) is 5.41. The second-order valence-corrected chi connectivity index (χ2v) is 2.16. The Balaban J connectivity index is 2.68. The summed E-state index contributed by atoms with van der Waals surface area (Å²) in [7, 11) is -2.54. The molecule has 0 atom stereocenters. The van der Waals surface area contributed by atoms with Gasteiger partial charge in [0.2, 0.25) is 10.9 Å². The third-order valence-electron chi connectivity index (χ3n) is 0.802. The number of nitrogens with zero attached hydrogens (tertiary/aromatic N) is 1. The molecule has 0 fully saturated rings. The molecule has 0 bridgehead atoms. The lowest BCUT2D eigenvalue weighted by atomic mass is 10.7. The summed E-state index contributed by atoms with van der Waals surface area (Å²) in [6, 6.07) is 3.46. The van der Waals surface area contributed by atoms with E-state index in [1.165, 1.54) is 4.68 Å². The topological polar surface area (TPSA) is 51.1 Å². The summed E-state index contributed by atoms with van der Waals surface area (Å²) in [6.07, 6.45) is 3.20. The van der Waals surface area contributed by atoms with Crippen molar-refractivity contribution in [1.82, 2.24) is 4.68 Å². The number of nitrogens with one attached hydrogen (secondary N) is 1. The Morgan fingerprint density at radius 3 is 2.22 bits per heavy atom. The molecule has 0 aliphatic carbocycles. The fourth-order valence-corrected chi connectivity index (χ4v) is 0.817. The summed E-state index contributed by atoms with van der Waals surface area (Å²) in [6.45, 7) is 0. The quantitative estimate of drug-likeness (QED) is 0.556. The van der Waals surface area contributed by atoms with E-state index in [0.717, 1.165) is 0 Å². The molecular weight excluding hydrogens is 140 g/mol. The molecule has 1 N–H and O–H groups in total. The van der Waals surface area contributed by atoms with Gasteiger partial charge < -0.3 is 0 Å². The van der Waals surface area contributed by atoms with E-state index in [1.807, 2.05) is 0 Å². The molecule has 0 aliphatic heterocycles. The maximum atomic E-state index is 9.97. The summed E-state index contributed by atoms with van der Waals surface area (Å²) < 4.78 is 21.3. The van der Waals surface area contributed by atoms with Gasteiger partial charge in [0.15, 0.2) is 0 Å². The standard InChI is InChI=1S/C4H6N2O2S/c7-9(8)5-6-3-1-2-4-6/h1-4,9H,(H,5,7,8). The van der Waals surface area contributed by atoms with Gasteiger partial charge in [-0.15, -0.1) is 0 Å². The fraction of sp³-hybridized carbons (Fsp3) is 0. The van der Waals surface area contributed by atoms with Gasteiger partial charge in [0, 0.05) is 12.4 Å². The van der Waals surface area contributed by atoms with Gasteiger partial charge in [-0.25, -0.2) is 13.2 Å². The van der Waals surface area contributed by atoms with Crippen molar-refractivity contribution in [1.29, 1.82) is 0 Å². The summed E-state index contributed by atoms with van der Waals surface area (Å²) in [5.74, 6) is 0. The minimum atomic E-state index is -2.54. The molecule has 1 heterocycles. The van der Waals surface area contributed by atoms with Crippen LogP contribution in [0.2, 0.25) is 0 Å². The van der Waals surface area contributed by atoms with Crippen LogP contribution in [-0.2, 0) is 10.9 Å². The second-order valence-electron chi connectivity index (χ2n) is 1.45. The average molecular weight is 146 g/mol. The molecule has 0 amide bonds. The van der Waals surface area contributed by atoms with E-state index in [9.17, 15) is 8.42 Å². The Kier molecular flexibility index (Phi) is 1.74. The van der Waals surface area contributed by atoms with Gasteiger partial charge in [-0.1, -0.05) is 0 Å². The smallest absolute Gasteiger partial charge is 0.236 e. The number of hydrogen-bond donors (Lipinski definition) is 2. The van der Waals surface area contributed by atoms with Crippen LogP contribution in [0, 0.1) is 0 Å². The van der Waals surface area contributed by atoms with Crippen LogP contribution in [0.1, 0.15) is 0 Å². The molecule has 9 heavy (non-hydrogen) atoms. The van der Waals surface area contributed by atoms with E-state index >= 15 is 0 Å². The van der Waals surface area contributed by atoms with E-state index in [1.54, 1.807) is 24.5 Å². The Hall–Kier alpha value is -0.970. The van der Waals surface area contributed by atoms with Crippen molar-refractivity contribution in [3.05, 3.63) is 24.5 Å². The van der Waals surface area contributed by atoms with Crippen molar-refractivity contribution in [2.75, 3.05) is 4.83 Å². The van der Waals surface area contributed by atoms with Crippen LogP contribution in [0.15, 0.2) is 24.5 Å². The lowest BCUT2D eigenvalue weighted by molar-refractivity contribution is 0.614. The molecule has 0 saturated carbocycles. The van der Waals surface area contributed by atoms with Gasteiger partial charge in [0.05, 0.1) is 0 Å². The first-order valence-corrected chi connectivity index (χ1v) is 3.51. The zero-order chi connectivity index (χ0) is 6.69. The van der Waals surface area contributed by atoms with Gasteiger partial charge in [-0.2, -0.15) is 0 Å². The lowest BCUT2D eigenvalue weighted by Gasteiger charge is -1.94. The maximum Gasteiger partial charge on any atom is 0.236 e. The molecule has 0 aromatic carbocycles. The molecule has 1 aromatic rings. The highest BCUT2D eigenvalue weighted by atomic mass is 32.2. The number of aromatic nitrogens is 1. The van der Waals surface area contributed by atoms with E-state index in [0.29, 0.717) is 0 Å². The van der Waals surface area contributed by atoms with Crippen molar-refractivity contribution >= 4 is 10.9 Å². The van der Waals surface area contributed by atoms with Crippen LogP contribution in [0.25, 0.3) is 0 Å². The molecular formula is C4H6N2O2S. The third-order valence-corrected chi connectivity index (χ3v) is 1.20. The molecule has 50 valence electrons. The Bertz CT molecular complexity index is 231. The van der Waals surface area contributed by atoms with Gasteiger partial charge in [-0.3, -0.25) is 4.68 Å². The minimum Gasteiger partial charge on any atom is -0.262 e. The van der Waals surface area contributed by atoms with E-state index in [2.05, 4.69) is 4.83 Å². The molecule has 0 spiro atoms. The van der Waals surface area contributed by atoms with Crippen LogP contribution in [-0.4, -0.2) is 13.1 Å². The van der Waals surface area contributed by atoms with Crippen LogP contribution < -0.4 is 4.83 Å². The van der Waals surface area contributed by atoms with Crippen molar-refractivity contribution < 1.29 is 8.42 Å². The van der Waals surface area contributed by atoms with Crippen LogP contribution >= 0.6 is 0 Å². The van der Waals surface area contributed by atoms with Gasteiger partial charge >= 0.3 is 0 Å². The van der Waals surface area contributed by atoms with Crippen molar-refractivity contribution in [3.8, 4) is 0 Å². The average Bonchev–Trinajstić information content (AvgIpc) is 2.15. The van der Waals surface area contributed by atoms with E-state index in [4.69, 9.17) is 0 Å². The predicted octanol–water partition coefficient (Wildman–Crippen LogP) is -0.442. The summed E-state index contributed by atoms with van der Waals surface area (Å²) in [5, 5.41) is 0. The molecule has 0 saturated heterocycles. The Morgan fingerprint density at radius 1 is 1.22 bits per heavy atom. The third kappa shape index (κ3) is 1.77. The summed E-state index contributed by atoms with van der Waals surface area (Å²) >= 11 is 0. The van der Waals surface area contributed by atoms with Crippen LogP contribution in [0.5, 0.6) is 0 Å². The SMILES string of the molecule is O=[SH](=O)Nn1cccc1. The van der Waals surface area contributed by atoms with Crippen molar-refractivity contribution in [3.63, 3.8) is 0 Å². The first kappa shape index (κ1) is 6.15. The molecule has 0 unspecified atom stereocenters. The van der Waals surface area contributed by atoms with Crippen molar-refractivity contribution in [2.45, 2.75) is 0 Å². The number of thiol groups is 1. The molecule has 5 heteroatoms. The first-order valence-electron chi connectivity index (χ1n) is 2.33. The summed E-state index contributed by atoms with van der Waals surface area (Å²) in [5.41, 5.74) is 0. The fourth-order valence-electron chi connectivity index (χ4n) is 0.495. The molecule has 1 aromatic heterocycles. The predicted molar refractivity (Wildman–Crippen MR) is 34.1 cm³/mol. The monoisotopic (exact) mass is 146 g/mol. The lowest BCUT2D eigenvalue weighted by Crippen LogP contribution is -2.08. The van der Waals surface area contributed by atoms with Gasteiger partial charge in [0.25, 0.3) is 0 Å². The van der Waals surface area contributed by atoms with Crippen LogP contribution in [0.3, 0.4) is 0 Å². The van der Waals surface area contributed by atoms with Gasteiger partial charge in [-0.05, 0) is 12.1 Å².